The Morgan fingerprint density at radius 3 is 2.55 bits per heavy atom. The lowest BCUT2D eigenvalue weighted by atomic mass is 9.95. The van der Waals surface area contributed by atoms with E-state index in [-0.39, 0.29) is 12.8 Å². The number of esters is 1. The molecule has 0 N–H and O–H groups in total. The molecule has 1 heterocycles. The van der Waals surface area contributed by atoms with Gasteiger partial charge in [0.25, 0.3) is 0 Å². The molecule has 33 heavy (non-hydrogen) atoms. The standard InChI is InChI=1S/C27H26O6/c1-4-31-27(28)20(13-18-9-12-24-26(14-18)33-17-32-24)15-19-7-5-6-8-22(19)23-11-10-21(29-2)16-25(23)30-3/h5-12,14-16H,4,13,17H2,1-3H3. The number of rotatable bonds is 8. The van der Waals surface area contributed by atoms with Gasteiger partial charge >= 0.3 is 5.97 Å². The fourth-order valence-electron chi connectivity index (χ4n) is 3.75. The Hall–Kier alpha value is -3.93. The minimum atomic E-state index is -0.355. The zero-order valence-corrected chi connectivity index (χ0v) is 18.9. The van der Waals surface area contributed by atoms with Gasteiger partial charge in [-0.3, -0.25) is 0 Å². The average molecular weight is 446 g/mol. The highest BCUT2D eigenvalue weighted by Gasteiger charge is 2.18. The zero-order chi connectivity index (χ0) is 23.2. The van der Waals surface area contributed by atoms with Crippen molar-refractivity contribution in [2.75, 3.05) is 27.6 Å². The summed E-state index contributed by atoms with van der Waals surface area (Å²) >= 11 is 0. The summed E-state index contributed by atoms with van der Waals surface area (Å²) < 4.78 is 27.2. The summed E-state index contributed by atoms with van der Waals surface area (Å²) in [6.45, 7) is 2.30. The Morgan fingerprint density at radius 1 is 0.939 bits per heavy atom. The second-order valence-corrected chi connectivity index (χ2v) is 7.41. The molecule has 0 aliphatic carbocycles. The highest BCUT2D eigenvalue weighted by molar-refractivity contribution is 5.96. The Bertz CT molecular complexity index is 1180. The lowest BCUT2D eigenvalue weighted by molar-refractivity contribution is -0.138. The first-order valence-electron chi connectivity index (χ1n) is 10.7. The van der Waals surface area contributed by atoms with E-state index in [1.54, 1.807) is 21.1 Å². The highest BCUT2D eigenvalue weighted by atomic mass is 16.7. The van der Waals surface area contributed by atoms with Crippen LogP contribution in [0.2, 0.25) is 0 Å². The third-order valence-electron chi connectivity index (χ3n) is 5.36. The van der Waals surface area contributed by atoms with Crippen molar-refractivity contribution in [2.45, 2.75) is 13.3 Å². The van der Waals surface area contributed by atoms with Gasteiger partial charge in [0.15, 0.2) is 11.5 Å². The van der Waals surface area contributed by atoms with Crippen LogP contribution in [-0.2, 0) is 16.0 Å². The first-order valence-corrected chi connectivity index (χ1v) is 10.7. The third-order valence-corrected chi connectivity index (χ3v) is 5.36. The average Bonchev–Trinajstić information content (AvgIpc) is 3.31. The fraction of sp³-hybridized carbons (Fsp3) is 0.222. The van der Waals surface area contributed by atoms with Gasteiger partial charge in [-0.1, -0.05) is 30.3 Å². The van der Waals surface area contributed by atoms with Crippen molar-refractivity contribution >= 4 is 12.0 Å². The molecule has 1 aliphatic heterocycles. The van der Waals surface area contributed by atoms with Crippen molar-refractivity contribution < 1.29 is 28.5 Å². The van der Waals surface area contributed by atoms with Gasteiger partial charge in [0.05, 0.1) is 20.8 Å². The number of carbonyl (C=O) groups is 1. The molecule has 0 spiro atoms. The van der Waals surface area contributed by atoms with Gasteiger partial charge < -0.3 is 23.7 Å². The summed E-state index contributed by atoms with van der Waals surface area (Å²) in [4.78, 5) is 12.9. The van der Waals surface area contributed by atoms with Gasteiger partial charge in [0.1, 0.15) is 11.5 Å². The van der Waals surface area contributed by atoms with E-state index >= 15 is 0 Å². The highest BCUT2D eigenvalue weighted by Crippen LogP contribution is 2.37. The van der Waals surface area contributed by atoms with Crippen LogP contribution in [0, 0.1) is 0 Å². The fourth-order valence-corrected chi connectivity index (χ4v) is 3.75. The van der Waals surface area contributed by atoms with Crippen molar-refractivity contribution in [1.82, 2.24) is 0 Å². The molecule has 0 fully saturated rings. The summed E-state index contributed by atoms with van der Waals surface area (Å²) in [6, 6.07) is 19.2. The van der Waals surface area contributed by atoms with E-state index in [1.807, 2.05) is 66.7 Å². The van der Waals surface area contributed by atoms with Crippen LogP contribution >= 0.6 is 0 Å². The van der Waals surface area contributed by atoms with Gasteiger partial charge in [-0.2, -0.15) is 0 Å². The van der Waals surface area contributed by atoms with Crippen molar-refractivity contribution in [2.24, 2.45) is 0 Å². The van der Waals surface area contributed by atoms with Crippen LogP contribution in [0.4, 0.5) is 0 Å². The third kappa shape index (κ3) is 4.95. The van der Waals surface area contributed by atoms with Gasteiger partial charge in [-0.15, -0.1) is 0 Å². The Labute approximate surface area is 193 Å². The van der Waals surface area contributed by atoms with E-state index in [2.05, 4.69) is 0 Å². The van der Waals surface area contributed by atoms with Gasteiger partial charge in [0.2, 0.25) is 6.79 Å². The minimum absolute atomic E-state index is 0.205. The van der Waals surface area contributed by atoms with Crippen LogP contribution in [0.5, 0.6) is 23.0 Å². The van der Waals surface area contributed by atoms with Crippen LogP contribution in [0.25, 0.3) is 17.2 Å². The number of fused-ring (bicyclic) bond motifs is 1. The summed E-state index contributed by atoms with van der Waals surface area (Å²) in [5.74, 6) is 2.42. The lowest BCUT2D eigenvalue weighted by Crippen LogP contribution is -2.10. The predicted molar refractivity (Wildman–Crippen MR) is 126 cm³/mol. The lowest BCUT2D eigenvalue weighted by Gasteiger charge is -2.14. The number of hydrogen-bond donors (Lipinski definition) is 0. The van der Waals surface area contributed by atoms with E-state index < -0.39 is 0 Å². The molecule has 170 valence electrons. The largest absolute Gasteiger partial charge is 0.497 e. The van der Waals surface area contributed by atoms with E-state index in [0.29, 0.717) is 41.6 Å². The Morgan fingerprint density at radius 2 is 1.76 bits per heavy atom. The van der Waals surface area contributed by atoms with E-state index in [0.717, 1.165) is 22.3 Å². The van der Waals surface area contributed by atoms with Crippen LogP contribution < -0.4 is 18.9 Å². The van der Waals surface area contributed by atoms with Gasteiger partial charge in [-0.05, 0) is 54.0 Å². The van der Waals surface area contributed by atoms with Crippen molar-refractivity contribution in [3.05, 3.63) is 77.4 Å². The molecule has 0 bridgehead atoms. The number of ether oxygens (including phenoxy) is 5. The number of benzene rings is 3. The quantitative estimate of drug-likeness (QED) is 0.346. The van der Waals surface area contributed by atoms with Crippen LogP contribution in [-0.4, -0.2) is 33.6 Å². The topological polar surface area (TPSA) is 63.2 Å². The molecule has 0 saturated carbocycles. The molecule has 6 nitrogen and oxygen atoms in total. The molecule has 4 rings (SSSR count). The molecule has 1 aliphatic rings. The first kappa shape index (κ1) is 22.3. The van der Waals surface area contributed by atoms with Gasteiger partial charge in [0, 0.05) is 23.6 Å². The van der Waals surface area contributed by atoms with Crippen LogP contribution in [0.1, 0.15) is 18.1 Å². The molecule has 3 aromatic rings. The smallest absolute Gasteiger partial charge is 0.334 e. The Balaban J connectivity index is 1.75. The molecule has 0 radical (unpaired) electrons. The summed E-state index contributed by atoms with van der Waals surface area (Å²) in [5.41, 5.74) is 4.18. The van der Waals surface area contributed by atoms with Gasteiger partial charge in [-0.25, -0.2) is 4.79 Å². The molecule has 0 aromatic heterocycles. The van der Waals surface area contributed by atoms with Crippen molar-refractivity contribution in [3.63, 3.8) is 0 Å². The molecule has 0 amide bonds. The second-order valence-electron chi connectivity index (χ2n) is 7.41. The maximum Gasteiger partial charge on any atom is 0.334 e. The molecule has 3 aromatic carbocycles. The van der Waals surface area contributed by atoms with E-state index in [9.17, 15) is 4.79 Å². The monoisotopic (exact) mass is 446 g/mol. The normalized spacial score (nSPS) is 12.4. The molecule has 0 atom stereocenters. The van der Waals surface area contributed by atoms with E-state index in [1.165, 1.54) is 0 Å². The number of hydrogen-bond acceptors (Lipinski definition) is 6. The zero-order valence-electron chi connectivity index (χ0n) is 18.9. The second kappa shape index (κ2) is 10.1. The Kier molecular flexibility index (Phi) is 6.83. The molecular formula is C27H26O6. The SMILES string of the molecule is CCOC(=O)C(=Cc1ccccc1-c1ccc(OC)cc1OC)Cc1ccc2c(c1)OCO2. The maximum atomic E-state index is 12.9. The molecule has 0 unspecified atom stereocenters. The first-order chi connectivity index (χ1) is 16.1. The summed E-state index contributed by atoms with van der Waals surface area (Å²) in [7, 11) is 3.24. The van der Waals surface area contributed by atoms with Crippen molar-refractivity contribution in [3.8, 4) is 34.1 Å². The van der Waals surface area contributed by atoms with Crippen molar-refractivity contribution in [1.29, 1.82) is 0 Å². The molecule has 6 heteroatoms. The molecule has 0 saturated heterocycles. The maximum absolute atomic E-state index is 12.9. The minimum Gasteiger partial charge on any atom is -0.497 e. The van der Waals surface area contributed by atoms with Crippen LogP contribution in [0.3, 0.4) is 0 Å². The van der Waals surface area contributed by atoms with Crippen LogP contribution in [0.15, 0.2) is 66.2 Å². The number of methoxy groups -OCH3 is 2. The summed E-state index contributed by atoms with van der Waals surface area (Å²) in [5, 5.41) is 0. The van der Waals surface area contributed by atoms with E-state index in [4.69, 9.17) is 23.7 Å². The predicted octanol–water partition coefficient (Wildman–Crippen LogP) is 5.29. The molecular weight excluding hydrogens is 420 g/mol. The summed E-state index contributed by atoms with van der Waals surface area (Å²) in [6.07, 6.45) is 2.27. The number of carbonyl (C=O) groups excluding carboxylic acids is 1.